The lowest BCUT2D eigenvalue weighted by Crippen LogP contribution is -1.98. The van der Waals surface area contributed by atoms with Gasteiger partial charge in [-0.25, -0.2) is 0 Å². The number of allylic oxidation sites excluding steroid dienone is 10. The SMILES string of the molecule is C#CC(O)C/C=C/C/C=C/C/C=C/CC#CC(O)C#CC/C=C/C/C=C/C/C=C/CC(O)C#C. The highest BCUT2D eigenvalue weighted by Gasteiger charge is 1.92. The van der Waals surface area contributed by atoms with Gasteiger partial charge < -0.3 is 15.3 Å². The molecule has 2 atom stereocenters. The third-order valence-corrected chi connectivity index (χ3v) is 4.11. The van der Waals surface area contributed by atoms with Gasteiger partial charge >= 0.3 is 0 Å². The molecule has 0 aromatic heterocycles. The van der Waals surface area contributed by atoms with E-state index in [9.17, 15) is 15.3 Å². The lowest BCUT2D eigenvalue weighted by atomic mass is 10.2. The fraction of sp³-hybridized carbons (Fsp3) is 0.355. The maximum atomic E-state index is 9.75. The minimum atomic E-state index is -0.929. The van der Waals surface area contributed by atoms with Gasteiger partial charge in [0, 0.05) is 25.7 Å². The zero-order chi connectivity index (χ0) is 25.1. The Morgan fingerprint density at radius 2 is 0.824 bits per heavy atom. The molecule has 0 aliphatic heterocycles. The van der Waals surface area contributed by atoms with E-state index >= 15 is 0 Å². The molecule has 0 spiro atoms. The smallest absolute Gasteiger partial charge is 0.176 e. The van der Waals surface area contributed by atoms with Crippen LogP contribution in [0.15, 0.2) is 72.9 Å². The van der Waals surface area contributed by atoms with Crippen LogP contribution in [0.4, 0.5) is 0 Å². The first-order valence-corrected chi connectivity index (χ1v) is 11.4. The van der Waals surface area contributed by atoms with Crippen molar-refractivity contribution in [2.75, 3.05) is 0 Å². The second kappa shape index (κ2) is 24.2. The van der Waals surface area contributed by atoms with Crippen molar-refractivity contribution in [2.24, 2.45) is 0 Å². The minimum Gasteiger partial charge on any atom is -0.380 e. The quantitative estimate of drug-likeness (QED) is 0.260. The molecule has 0 saturated carbocycles. The van der Waals surface area contributed by atoms with Crippen LogP contribution in [0.2, 0.25) is 0 Å². The molecule has 0 aliphatic rings. The van der Waals surface area contributed by atoms with E-state index in [0.29, 0.717) is 25.7 Å². The number of aliphatic hydroxyl groups excluding tert-OH is 3. The van der Waals surface area contributed by atoms with Crippen molar-refractivity contribution >= 4 is 0 Å². The molecule has 0 aliphatic carbocycles. The summed E-state index contributed by atoms with van der Waals surface area (Å²) in [6.07, 6.45) is 37.1. The molecule has 0 radical (unpaired) electrons. The first kappa shape index (κ1) is 30.6. The summed E-state index contributed by atoms with van der Waals surface area (Å²) in [6, 6.07) is 0. The van der Waals surface area contributed by atoms with Gasteiger partial charge in [-0.2, -0.15) is 0 Å². The van der Waals surface area contributed by atoms with E-state index in [1.807, 2.05) is 60.8 Å². The number of rotatable bonds is 14. The van der Waals surface area contributed by atoms with E-state index in [1.54, 1.807) is 0 Å². The van der Waals surface area contributed by atoms with Crippen molar-refractivity contribution < 1.29 is 15.3 Å². The lowest BCUT2D eigenvalue weighted by molar-refractivity contribution is 0.236. The third-order valence-electron chi connectivity index (χ3n) is 4.11. The van der Waals surface area contributed by atoms with Gasteiger partial charge in [-0.15, -0.1) is 12.8 Å². The molecule has 0 aromatic rings. The number of terminal acetylenes is 2. The highest BCUT2D eigenvalue weighted by Crippen LogP contribution is 1.97. The molecule has 3 nitrogen and oxygen atoms in total. The fourth-order valence-corrected chi connectivity index (χ4v) is 2.30. The van der Waals surface area contributed by atoms with Gasteiger partial charge in [0.05, 0.1) is 0 Å². The van der Waals surface area contributed by atoms with Crippen molar-refractivity contribution in [1.82, 2.24) is 0 Å². The first-order chi connectivity index (χ1) is 16.6. The van der Waals surface area contributed by atoms with Crippen LogP contribution in [0.5, 0.6) is 0 Å². The lowest BCUT2D eigenvalue weighted by Gasteiger charge is -1.94. The van der Waals surface area contributed by atoms with E-state index in [2.05, 4.69) is 47.7 Å². The van der Waals surface area contributed by atoms with E-state index in [-0.39, 0.29) is 0 Å². The summed E-state index contributed by atoms with van der Waals surface area (Å²) in [5.74, 6) is 15.8. The zero-order valence-corrected chi connectivity index (χ0v) is 19.8. The Hall–Kier alpha value is -3.44. The molecule has 0 saturated heterocycles. The van der Waals surface area contributed by atoms with Crippen LogP contribution in [0, 0.1) is 48.4 Å². The summed E-state index contributed by atoms with van der Waals surface area (Å²) in [4.78, 5) is 0. The fourth-order valence-electron chi connectivity index (χ4n) is 2.30. The van der Waals surface area contributed by atoms with Gasteiger partial charge in [-0.1, -0.05) is 108 Å². The predicted octanol–water partition coefficient (Wildman–Crippen LogP) is 4.80. The molecule has 0 amide bonds. The molecule has 0 heterocycles. The largest absolute Gasteiger partial charge is 0.380 e. The summed E-state index contributed by atoms with van der Waals surface area (Å²) < 4.78 is 0. The van der Waals surface area contributed by atoms with E-state index < -0.39 is 18.3 Å². The summed E-state index contributed by atoms with van der Waals surface area (Å²) >= 11 is 0. The molecule has 0 rings (SSSR count). The van der Waals surface area contributed by atoms with Crippen LogP contribution in [0.1, 0.15) is 51.4 Å². The van der Waals surface area contributed by atoms with Crippen LogP contribution < -0.4 is 0 Å². The molecular weight excluding hydrogens is 420 g/mol. The van der Waals surface area contributed by atoms with E-state index in [4.69, 9.17) is 12.8 Å². The van der Waals surface area contributed by atoms with Gasteiger partial charge in [0.1, 0.15) is 12.2 Å². The molecule has 2 unspecified atom stereocenters. The van der Waals surface area contributed by atoms with Crippen LogP contribution in [-0.2, 0) is 0 Å². The molecule has 178 valence electrons. The van der Waals surface area contributed by atoms with Gasteiger partial charge in [0.25, 0.3) is 0 Å². The van der Waals surface area contributed by atoms with E-state index in [1.165, 1.54) is 0 Å². The Labute approximate surface area is 206 Å². The van der Waals surface area contributed by atoms with Crippen LogP contribution in [0.3, 0.4) is 0 Å². The van der Waals surface area contributed by atoms with Gasteiger partial charge in [-0.05, 0) is 25.7 Å². The highest BCUT2D eigenvalue weighted by molar-refractivity contribution is 5.21. The standard InChI is InChI=1S/C31H36O3/c1-3-29(32)25-21-17-13-9-5-7-11-15-19-23-27-31(34)28-24-20-16-12-8-6-10-14-18-22-26-30(33)4-2/h1-2,5-6,9-12,15-18,21-22,29-34H,7-8,13-14,19-20,25-26H2/b9-5+,10-6+,15-11+,16-12+,21-17+,22-18+. The summed E-state index contributed by atoms with van der Waals surface area (Å²) in [5.41, 5.74) is 0. The monoisotopic (exact) mass is 456 g/mol. The van der Waals surface area contributed by atoms with Crippen molar-refractivity contribution in [3.8, 4) is 48.4 Å². The minimum absolute atomic E-state index is 0.481. The zero-order valence-electron chi connectivity index (χ0n) is 19.8. The number of aliphatic hydroxyl groups is 3. The molecule has 0 bridgehead atoms. The Morgan fingerprint density at radius 1 is 0.500 bits per heavy atom. The Morgan fingerprint density at radius 3 is 1.18 bits per heavy atom. The number of hydrogen-bond acceptors (Lipinski definition) is 3. The maximum Gasteiger partial charge on any atom is 0.176 e. The topological polar surface area (TPSA) is 60.7 Å². The van der Waals surface area contributed by atoms with Crippen LogP contribution in [0.25, 0.3) is 0 Å². The van der Waals surface area contributed by atoms with Gasteiger partial charge in [0.15, 0.2) is 6.10 Å². The molecule has 0 fully saturated rings. The van der Waals surface area contributed by atoms with Gasteiger partial charge in [0.2, 0.25) is 0 Å². The first-order valence-electron chi connectivity index (χ1n) is 11.4. The van der Waals surface area contributed by atoms with Crippen LogP contribution >= 0.6 is 0 Å². The predicted molar refractivity (Wildman–Crippen MR) is 143 cm³/mol. The summed E-state index contributed by atoms with van der Waals surface area (Å²) in [6.45, 7) is 0. The third kappa shape index (κ3) is 23.2. The highest BCUT2D eigenvalue weighted by atomic mass is 16.3. The second-order valence-electron chi connectivity index (χ2n) is 7.06. The maximum absolute atomic E-state index is 9.75. The van der Waals surface area contributed by atoms with Crippen molar-refractivity contribution in [3.05, 3.63) is 72.9 Å². The van der Waals surface area contributed by atoms with Gasteiger partial charge in [-0.3, -0.25) is 0 Å². The second-order valence-corrected chi connectivity index (χ2v) is 7.06. The molecule has 0 aromatic carbocycles. The average molecular weight is 457 g/mol. The normalized spacial score (nSPS) is 14.3. The summed E-state index contributed by atoms with van der Waals surface area (Å²) in [5, 5.41) is 28.2. The van der Waals surface area contributed by atoms with Crippen molar-refractivity contribution in [2.45, 2.75) is 69.7 Å². The van der Waals surface area contributed by atoms with Crippen molar-refractivity contribution in [1.29, 1.82) is 0 Å². The Balaban J connectivity index is 3.87. The average Bonchev–Trinajstić information content (AvgIpc) is 2.84. The van der Waals surface area contributed by atoms with Crippen LogP contribution in [-0.4, -0.2) is 33.6 Å². The molecular formula is C31H36O3. The molecule has 34 heavy (non-hydrogen) atoms. The summed E-state index contributed by atoms with van der Waals surface area (Å²) in [7, 11) is 0. The number of hydrogen-bond donors (Lipinski definition) is 3. The van der Waals surface area contributed by atoms with Crippen molar-refractivity contribution in [3.63, 3.8) is 0 Å². The molecule has 3 heteroatoms. The Kier molecular flexibility index (Phi) is 21.8. The van der Waals surface area contributed by atoms with E-state index in [0.717, 1.165) is 25.7 Å². The Bertz CT molecular complexity index is 832. The molecule has 3 N–H and O–H groups in total.